The van der Waals surface area contributed by atoms with Crippen molar-refractivity contribution in [2.45, 2.75) is 48.9 Å². The lowest BCUT2D eigenvalue weighted by Gasteiger charge is -2.30. The second-order valence-corrected chi connectivity index (χ2v) is 7.44. The fourth-order valence-electron chi connectivity index (χ4n) is 2.63. The predicted octanol–water partition coefficient (Wildman–Crippen LogP) is 3.52. The highest BCUT2D eigenvalue weighted by Crippen LogP contribution is 2.27. The highest BCUT2D eigenvalue weighted by Gasteiger charge is 2.30. The molecular weight excluding hydrogens is 301 g/mol. The van der Waals surface area contributed by atoms with Crippen LogP contribution in [-0.2, 0) is 15.9 Å². The summed E-state index contributed by atoms with van der Waals surface area (Å²) in [7, 11) is -2.24. The number of rotatable bonds is 4. The molecule has 3 nitrogen and oxygen atoms in total. The first-order valence-corrected chi connectivity index (χ1v) is 8.76. The number of hydrogen-bond acceptors (Lipinski definition) is 2. The van der Waals surface area contributed by atoms with Crippen LogP contribution >= 0.6 is 11.6 Å². The fourth-order valence-corrected chi connectivity index (χ4v) is 4.26. The van der Waals surface area contributed by atoms with Crippen LogP contribution in [0.15, 0.2) is 23.1 Å². The normalized spacial score (nSPS) is 17.6. The summed E-state index contributed by atoms with van der Waals surface area (Å²) in [4.78, 5) is -0.264. The summed E-state index contributed by atoms with van der Waals surface area (Å²) < 4.78 is 40.3. The van der Waals surface area contributed by atoms with E-state index < -0.39 is 15.8 Å². The molecule has 0 heterocycles. The van der Waals surface area contributed by atoms with Gasteiger partial charge in [0.1, 0.15) is 10.7 Å². The molecule has 0 N–H and O–H groups in total. The van der Waals surface area contributed by atoms with Crippen LogP contribution in [0.25, 0.3) is 0 Å². The van der Waals surface area contributed by atoms with Crippen LogP contribution in [0.1, 0.15) is 37.7 Å². The van der Waals surface area contributed by atoms with Crippen molar-refractivity contribution >= 4 is 21.6 Å². The lowest BCUT2D eigenvalue weighted by atomic mass is 9.96. The van der Waals surface area contributed by atoms with Gasteiger partial charge in [0.05, 0.1) is 0 Å². The molecule has 0 aromatic heterocycles. The Morgan fingerprint density at radius 2 is 1.95 bits per heavy atom. The van der Waals surface area contributed by atoms with Gasteiger partial charge in [0, 0.05) is 19.0 Å². The molecule has 0 bridgehead atoms. The van der Waals surface area contributed by atoms with Crippen molar-refractivity contribution in [2.75, 3.05) is 7.05 Å². The number of alkyl halides is 1. The summed E-state index contributed by atoms with van der Waals surface area (Å²) in [6, 6.07) is 4.02. The van der Waals surface area contributed by atoms with Crippen molar-refractivity contribution in [1.29, 1.82) is 0 Å². The lowest BCUT2D eigenvalue weighted by Crippen LogP contribution is -2.38. The van der Waals surface area contributed by atoms with E-state index >= 15 is 0 Å². The van der Waals surface area contributed by atoms with Crippen molar-refractivity contribution in [3.8, 4) is 0 Å². The zero-order valence-corrected chi connectivity index (χ0v) is 13.1. The van der Waals surface area contributed by atoms with E-state index in [0.717, 1.165) is 32.1 Å². The summed E-state index contributed by atoms with van der Waals surface area (Å²) in [5.74, 6) is -0.568. The van der Waals surface area contributed by atoms with Crippen molar-refractivity contribution in [1.82, 2.24) is 4.31 Å². The highest BCUT2D eigenvalue weighted by molar-refractivity contribution is 7.89. The molecule has 1 saturated carbocycles. The van der Waals surface area contributed by atoms with E-state index in [1.54, 1.807) is 13.1 Å². The minimum Gasteiger partial charge on any atom is -0.207 e. The first-order valence-electron chi connectivity index (χ1n) is 6.79. The van der Waals surface area contributed by atoms with Crippen molar-refractivity contribution in [3.63, 3.8) is 0 Å². The Kier molecular flexibility index (Phi) is 5.04. The van der Waals surface area contributed by atoms with Gasteiger partial charge in [0.25, 0.3) is 0 Å². The Labute approximate surface area is 124 Å². The maximum Gasteiger partial charge on any atom is 0.245 e. The minimum atomic E-state index is -3.78. The van der Waals surface area contributed by atoms with Crippen LogP contribution in [-0.4, -0.2) is 25.8 Å². The van der Waals surface area contributed by atoms with Crippen LogP contribution in [0.3, 0.4) is 0 Å². The quantitative estimate of drug-likeness (QED) is 0.796. The molecule has 0 aliphatic heterocycles. The molecule has 0 unspecified atom stereocenters. The number of sulfonamides is 1. The molecule has 1 aliphatic carbocycles. The molecule has 0 spiro atoms. The third kappa shape index (κ3) is 3.15. The molecule has 1 aromatic carbocycles. The van der Waals surface area contributed by atoms with Crippen LogP contribution < -0.4 is 0 Å². The second-order valence-electron chi connectivity index (χ2n) is 5.21. The summed E-state index contributed by atoms with van der Waals surface area (Å²) in [5.41, 5.74) is 0.573. The standard InChI is InChI=1S/C14H19ClFNO2S/c1-17(12-5-3-2-4-6-12)20(18,19)14-8-7-11(10-15)9-13(14)16/h7-9,12H,2-6,10H2,1H3. The topological polar surface area (TPSA) is 37.4 Å². The molecule has 0 radical (unpaired) electrons. The molecule has 1 aliphatic rings. The van der Waals surface area contributed by atoms with E-state index in [9.17, 15) is 12.8 Å². The molecule has 20 heavy (non-hydrogen) atoms. The maximum absolute atomic E-state index is 14.0. The summed E-state index contributed by atoms with van der Waals surface area (Å²) in [5, 5.41) is 0. The van der Waals surface area contributed by atoms with E-state index in [0.29, 0.717) is 5.56 Å². The van der Waals surface area contributed by atoms with E-state index in [4.69, 9.17) is 11.6 Å². The first kappa shape index (κ1) is 15.7. The van der Waals surface area contributed by atoms with Gasteiger partial charge in [0.2, 0.25) is 10.0 Å². The van der Waals surface area contributed by atoms with Gasteiger partial charge in [-0.25, -0.2) is 12.8 Å². The largest absolute Gasteiger partial charge is 0.245 e. The minimum absolute atomic E-state index is 0.0270. The average Bonchev–Trinajstić information content (AvgIpc) is 2.46. The van der Waals surface area contributed by atoms with Gasteiger partial charge in [-0.3, -0.25) is 0 Å². The zero-order chi connectivity index (χ0) is 14.8. The third-order valence-electron chi connectivity index (χ3n) is 3.90. The fraction of sp³-hybridized carbons (Fsp3) is 0.571. The first-order chi connectivity index (χ1) is 9.46. The Bertz CT molecular complexity index is 571. The van der Waals surface area contributed by atoms with Crippen LogP contribution in [0.4, 0.5) is 4.39 Å². The van der Waals surface area contributed by atoms with Gasteiger partial charge >= 0.3 is 0 Å². The highest BCUT2D eigenvalue weighted by atomic mass is 35.5. The molecule has 1 fully saturated rings. The molecule has 0 saturated heterocycles. The number of benzene rings is 1. The molecule has 2 rings (SSSR count). The molecule has 0 amide bonds. The van der Waals surface area contributed by atoms with Gasteiger partial charge < -0.3 is 0 Å². The third-order valence-corrected chi connectivity index (χ3v) is 6.15. The Morgan fingerprint density at radius 1 is 1.30 bits per heavy atom. The van der Waals surface area contributed by atoms with Gasteiger partial charge in [-0.1, -0.05) is 25.3 Å². The Hall–Kier alpha value is -0.650. The van der Waals surface area contributed by atoms with Gasteiger partial charge in [-0.15, -0.1) is 11.6 Å². The van der Waals surface area contributed by atoms with Gasteiger partial charge in [0.15, 0.2) is 0 Å². The van der Waals surface area contributed by atoms with Crippen LogP contribution in [0.5, 0.6) is 0 Å². The monoisotopic (exact) mass is 319 g/mol. The van der Waals surface area contributed by atoms with Gasteiger partial charge in [-0.05, 0) is 30.5 Å². The van der Waals surface area contributed by atoms with E-state index in [1.165, 1.54) is 16.4 Å². The number of nitrogens with zero attached hydrogens (tertiary/aromatic N) is 1. The molecular formula is C14H19ClFNO2S. The Balaban J connectivity index is 2.29. The van der Waals surface area contributed by atoms with Crippen molar-refractivity contribution < 1.29 is 12.8 Å². The zero-order valence-electron chi connectivity index (χ0n) is 11.5. The molecule has 1 aromatic rings. The van der Waals surface area contributed by atoms with Crippen molar-refractivity contribution in [2.24, 2.45) is 0 Å². The SMILES string of the molecule is CN(C1CCCCC1)S(=O)(=O)c1ccc(CCl)cc1F. The smallest absolute Gasteiger partial charge is 0.207 e. The lowest BCUT2D eigenvalue weighted by molar-refractivity contribution is 0.285. The molecule has 6 heteroatoms. The van der Waals surface area contributed by atoms with E-state index in [-0.39, 0.29) is 16.8 Å². The Morgan fingerprint density at radius 3 is 2.50 bits per heavy atom. The second kappa shape index (κ2) is 6.41. The number of hydrogen-bond donors (Lipinski definition) is 0. The summed E-state index contributed by atoms with van der Waals surface area (Å²) in [6.45, 7) is 0. The average molecular weight is 320 g/mol. The van der Waals surface area contributed by atoms with Crippen LogP contribution in [0.2, 0.25) is 0 Å². The van der Waals surface area contributed by atoms with E-state index in [2.05, 4.69) is 0 Å². The molecule has 0 atom stereocenters. The summed E-state index contributed by atoms with van der Waals surface area (Å²) >= 11 is 5.62. The van der Waals surface area contributed by atoms with Crippen molar-refractivity contribution in [3.05, 3.63) is 29.6 Å². The number of halogens is 2. The predicted molar refractivity (Wildman–Crippen MR) is 77.8 cm³/mol. The maximum atomic E-state index is 14.0. The van der Waals surface area contributed by atoms with Gasteiger partial charge in [-0.2, -0.15) is 4.31 Å². The summed E-state index contributed by atoms with van der Waals surface area (Å²) in [6.07, 6.45) is 4.88. The molecule has 112 valence electrons. The van der Waals surface area contributed by atoms with E-state index in [1.807, 2.05) is 0 Å². The van der Waals surface area contributed by atoms with Crippen LogP contribution in [0, 0.1) is 5.82 Å².